The molecule has 0 unspecified atom stereocenters. The molecule has 0 aromatic heterocycles. The van der Waals surface area contributed by atoms with Crippen molar-refractivity contribution < 1.29 is 4.79 Å². The van der Waals surface area contributed by atoms with E-state index in [0.29, 0.717) is 5.78 Å². The molecule has 1 nitrogen and oxygen atoms in total. The first kappa shape index (κ1) is 14.2. The Hall–Kier alpha value is -0.850. The van der Waals surface area contributed by atoms with E-state index in [4.69, 9.17) is 0 Å². The lowest BCUT2D eigenvalue weighted by Gasteiger charge is -2.08. The van der Waals surface area contributed by atoms with Gasteiger partial charge in [0.15, 0.2) is 5.78 Å². The number of rotatable bonds is 1. The molecule has 0 saturated heterocycles. The van der Waals surface area contributed by atoms with Crippen molar-refractivity contribution in [3.8, 4) is 0 Å². The first-order chi connectivity index (χ1) is 8.34. The van der Waals surface area contributed by atoms with Crippen molar-refractivity contribution in [1.29, 1.82) is 0 Å². The molecule has 1 fully saturated rings. The summed E-state index contributed by atoms with van der Waals surface area (Å²) in [7, 11) is 0. The zero-order chi connectivity index (χ0) is 12.3. The van der Waals surface area contributed by atoms with Crippen LogP contribution in [0.15, 0.2) is 23.8 Å². The lowest BCUT2D eigenvalue weighted by atomic mass is 9.96. The van der Waals surface area contributed by atoms with E-state index in [1.807, 2.05) is 25.2 Å². The minimum atomic E-state index is 0.378. The molecule has 0 heterocycles. The van der Waals surface area contributed by atoms with Crippen LogP contribution in [0.1, 0.15) is 71.1 Å². The number of allylic oxidation sites excluding steroid dienone is 4. The molecule has 1 aliphatic carbocycles. The second kappa shape index (κ2) is 9.21. The van der Waals surface area contributed by atoms with Crippen molar-refractivity contribution in [2.75, 3.05) is 0 Å². The third-order valence-electron chi connectivity index (χ3n) is 3.45. The van der Waals surface area contributed by atoms with Gasteiger partial charge < -0.3 is 0 Å². The number of hydrogen-bond donors (Lipinski definition) is 0. The molecule has 0 spiro atoms. The van der Waals surface area contributed by atoms with E-state index in [2.05, 4.69) is 0 Å². The number of carbonyl (C=O) groups is 1. The summed E-state index contributed by atoms with van der Waals surface area (Å²) in [5.74, 6) is 0.378. The maximum Gasteiger partial charge on any atom is 0.158 e. The van der Waals surface area contributed by atoms with Crippen molar-refractivity contribution in [3.05, 3.63) is 23.8 Å². The Bertz CT molecular complexity index is 273. The van der Waals surface area contributed by atoms with Crippen LogP contribution in [-0.4, -0.2) is 5.78 Å². The van der Waals surface area contributed by atoms with E-state index in [0.717, 1.165) is 24.8 Å². The average molecular weight is 234 g/mol. The van der Waals surface area contributed by atoms with Crippen LogP contribution in [0.5, 0.6) is 0 Å². The first-order valence-corrected chi connectivity index (χ1v) is 7.19. The van der Waals surface area contributed by atoms with Crippen LogP contribution >= 0.6 is 0 Å². The quantitative estimate of drug-likeness (QED) is 0.585. The summed E-state index contributed by atoms with van der Waals surface area (Å²) in [5, 5.41) is 0. The van der Waals surface area contributed by atoms with Gasteiger partial charge >= 0.3 is 0 Å². The van der Waals surface area contributed by atoms with E-state index < -0.39 is 0 Å². The largest absolute Gasteiger partial charge is 0.295 e. The highest BCUT2D eigenvalue weighted by Crippen LogP contribution is 2.18. The highest BCUT2D eigenvalue weighted by atomic mass is 16.1. The molecule has 1 saturated carbocycles. The topological polar surface area (TPSA) is 17.1 Å². The Morgan fingerprint density at radius 3 is 1.94 bits per heavy atom. The highest BCUT2D eigenvalue weighted by Gasteiger charge is 2.09. The molecule has 0 radical (unpaired) electrons. The van der Waals surface area contributed by atoms with Crippen LogP contribution in [0.3, 0.4) is 0 Å². The average Bonchev–Trinajstić information content (AvgIpc) is 2.33. The fourth-order valence-corrected chi connectivity index (χ4v) is 2.35. The van der Waals surface area contributed by atoms with E-state index in [-0.39, 0.29) is 0 Å². The van der Waals surface area contributed by atoms with Gasteiger partial charge in [0, 0.05) is 6.42 Å². The summed E-state index contributed by atoms with van der Waals surface area (Å²) in [6, 6.07) is 0. The monoisotopic (exact) mass is 234 g/mol. The van der Waals surface area contributed by atoms with E-state index in [1.54, 1.807) is 0 Å². The Morgan fingerprint density at radius 1 is 0.824 bits per heavy atom. The van der Waals surface area contributed by atoms with E-state index >= 15 is 0 Å². The molecular weight excluding hydrogens is 208 g/mol. The second-order valence-electron chi connectivity index (χ2n) is 4.97. The van der Waals surface area contributed by atoms with Gasteiger partial charge in [0.1, 0.15) is 0 Å². The van der Waals surface area contributed by atoms with Crippen molar-refractivity contribution in [1.82, 2.24) is 0 Å². The van der Waals surface area contributed by atoms with Gasteiger partial charge in [-0.25, -0.2) is 0 Å². The Balaban J connectivity index is 2.54. The summed E-state index contributed by atoms with van der Waals surface area (Å²) in [5.41, 5.74) is 1.05. The fraction of sp³-hybridized carbons (Fsp3) is 0.688. The van der Waals surface area contributed by atoms with Crippen LogP contribution < -0.4 is 0 Å². The Morgan fingerprint density at radius 2 is 1.35 bits per heavy atom. The van der Waals surface area contributed by atoms with Crippen LogP contribution in [0.25, 0.3) is 0 Å². The lowest BCUT2D eigenvalue weighted by molar-refractivity contribution is -0.115. The van der Waals surface area contributed by atoms with Gasteiger partial charge in [0.05, 0.1) is 0 Å². The summed E-state index contributed by atoms with van der Waals surface area (Å²) in [4.78, 5) is 12.0. The third kappa shape index (κ3) is 6.45. The maximum atomic E-state index is 12.0. The predicted octanol–water partition coefficient (Wildman–Crippen LogP) is 4.97. The molecule has 1 heteroatoms. The predicted molar refractivity (Wildman–Crippen MR) is 74.1 cm³/mol. The minimum absolute atomic E-state index is 0.378. The van der Waals surface area contributed by atoms with Gasteiger partial charge in [-0.2, -0.15) is 0 Å². The van der Waals surface area contributed by atoms with Gasteiger partial charge in [-0.15, -0.1) is 0 Å². The molecule has 17 heavy (non-hydrogen) atoms. The fourth-order valence-electron chi connectivity index (χ4n) is 2.35. The first-order valence-electron chi connectivity index (χ1n) is 7.19. The smallest absolute Gasteiger partial charge is 0.158 e. The molecule has 0 N–H and O–H groups in total. The van der Waals surface area contributed by atoms with Crippen LogP contribution in [0.2, 0.25) is 0 Å². The van der Waals surface area contributed by atoms with Crippen molar-refractivity contribution in [3.63, 3.8) is 0 Å². The number of carbonyl (C=O) groups excluding carboxylic acids is 1. The Labute approximate surface area is 106 Å². The lowest BCUT2D eigenvalue weighted by Crippen LogP contribution is -2.03. The summed E-state index contributed by atoms with van der Waals surface area (Å²) >= 11 is 0. The molecule has 1 aliphatic rings. The minimum Gasteiger partial charge on any atom is -0.295 e. The zero-order valence-electron chi connectivity index (χ0n) is 11.2. The molecule has 96 valence electrons. The standard InChI is InChI=1S/C16H26O/c1-2-3-12-15-13-10-8-6-4-5-7-9-11-14-16(15)17/h2-3,12H,4-11,13-14H2,1H3. The van der Waals surface area contributed by atoms with Gasteiger partial charge in [0.25, 0.3) is 0 Å². The van der Waals surface area contributed by atoms with Crippen LogP contribution in [0, 0.1) is 0 Å². The zero-order valence-corrected chi connectivity index (χ0v) is 11.2. The maximum absolute atomic E-state index is 12.0. The van der Waals surface area contributed by atoms with Gasteiger partial charge in [-0.3, -0.25) is 4.79 Å². The molecule has 0 bridgehead atoms. The molecule has 1 rings (SSSR count). The van der Waals surface area contributed by atoms with Crippen molar-refractivity contribution >= 4 is 5.78 Å². The summed E-state index contributed by atoms with van der Waals surface area (Å²) in [6.07, 6.45) is 17.9. The normalized spacial score (nSPS) is 23.6. The van der Waals surface area contributed by atoms with Crippen molar-refractivity contribution in [2.45, 2.75) is 71.1 Å². The molecule has 0 amide bonds. The third-order valence-corrected chi connectivity index (χ3v) is 3.45. The van der Waals surface area contributed by atoms with Gasteiger partial charge in [-0.1, -0.05) is 56.8 Å². The molecule has 0 aromatic rings. The summed E-state index contributed by atoms with van der Waals surface area (Å²) in [6.45, 7) is 2.00. The van der Waals surface area contributed by atoms with Gasteiger partial charge in [0.2, 0.25) is 0 Å². The SMILES string of the molecule is CC=CC=C1CCCCCCCCCCC1=O. The molecule has 0 aliphatic heterocycles. The van der Waals surface area contributed by atoms with E-state index in [1.165, 1.54) is 44.9 Å². The number of hydrogen-bond acceptors (Lipinski definition) is 1. The molecular formula is C16H26O. The van der Waals surface area contributed by atoms with E-state index in [9.17, 15) is 4.79 Å². The highest BCUT2D eigenvalue weighted by molar-refractivity contribution is 5.95. The van der Waals surface area contributed by atoms with Crippen LogP contribution in [0.4, 0.5) is 0 Å². The molecule has 0 atom stereocenters. The van der Waals surface area contributed by atoms with Crippen molar-refractivity contribution in [2.24, 2.45) is 0 Å². The van der Waals surface area contributed by atoms with Gasteiger partial charge in [-0.05, 0) is 31.8 Å². The number of ketones is 1. The Kier molecular flexibility index (Phi) is 7.70. The van der Waals surface area contributed by atoms with Crippen LogP contribution in [-0.2, 0) is 4.79 Å². The second-order valence-corrected chi connectivity index (χ2v) is 4.97. The molecule has 0 aromatic carbocycles. The number of Topliss-reactive ketones (excluding diaryl/α,β-unsaturated/α-hetero) is 1. The summed E-state index contributed by atoms with van der Waals surface area (Å²) < 4.78 is 0.